The lowest BCUT2D eigenvalue weighted by Gasteiger charge is -2.41. The molecule has 3 aliphatic rings. The smallest absolute Gasteiger partial charge is 0.0916 e. The quantitative estimate of drug-likeness (QED) is 0.462. The molecule has 0 saturated carbocycles. The highest BCUT2D eigenvalue weighted by Crippen LogP contribution is 2.22. The molecule has 1 atom stereocenters. The molecule has 3 rings (SSSR count). The maximum absolute atomic E-state index is 2.61. The Bertz CT molecular complexity index is 145. The van der Waals surface area contributed by atoms with Gasteiger partial charge in [0.2, 0.25) is 0 Å². The number of piperazine rings is 1. The molecular weight excluding hydrogens is 136 g/mol. The average molecular weight is 155 g/mol. The summed E-state index contributed by atoms with van der Waals surface area (Å²) in [5.74, 6) is 0. The van der Waals surface area contributed by atoms with Gasteiger partial charge in [0, 0.05) is 26.1 Å². The summed E-state index contributed by atoms with van der Waals surface area (Å²) in [5.41, 5.74) is 0. The Morgan fingerprint density at radius 2 is 1.82 bits per heavy atom. The van der Waals surface area contributed by atoms with E-state index in [1.54, 1.807) is 0 Å². The molecule has 3 heterocycles. The second-order valence-electron chi connectivity index (χ2n) is 4.41. The molecule has 1 unspecified atom stereocenters. The maximum atomic E-state index is 2.61. The zero-order valence-corrected chi connectivity index (χ0v) is 7.71. The first-order valence-corrected chi connectivity index (χ1v) is 4.77. The van der Waals surface area contributed by atoms with Gasteiger partial charge in [-0.2, -0.15) is 0 Å². The van der Waals surface area contributed by atoms with Crippen molar-refractivity contribution < 1.29 is 4.48 Å². The van der Waals surface area contributed by atoms with E-state index in [4.69, 9.17) is 0 Å². The van der Waals surface area contributed by atoms with Crippen molar-refractivity contribution in [1.82, 2.24) is 4.90 Å². The van der Waals surface area contributed by atoms with Crippen LogP contribution in [0.3, 0.4) is 0 Å². The summed E-state index contributed by atoms with van der Waals surface area (Å²) < 4.78 is 1.33. The Balaban J connectivity index is 2.18. The molecule has 11 heavy (non-hydrogen) atoms. The number of fused-ring (bicyclic) bond motifs is 4. The summed E-state index contributed by atoms with van der Waals surface area (Å²) in [4.78, 5) is 2.61. The van der Waals surface area contributed by atoms with E-state index in [1.807, 2.05) is 0 Å². The van der Waals surface area contributed by atoms with E-state index in [1.165, 1.54) is 43.6 Å². The Morgan fingerprint density at radius 3 is 2.45 bits per heavy atom. The van der Waals surface area contributed by atoms with Crippen LogP contribution in [0.2, 0.25) is 0 Å². The summed E-state index contributed by atoms with van der Waals surface area (Å²) in [7, 11) is 2.42. The maximum Gasteiger partial charge on any atom is 0.0916 e. The first-order chi connectivity index (χ1) is 5.21. The number of likely N-dealkylation sites (N-methyl/N-ethyl adjacent to an activating group) is 1. The Labute approximate surface area is 69.4 Å². The van der Waals surface area contributed by atoms with Crippen LogP contribution in [-0.4, -0.2) is 55.2 Å². The minimum atomic E-state index is 0.891. The van der Waals surface area contributed by atoms with Crippen molar-refractivity contribution in [3.05, 3.63) is 0 Å². The van der Waals surface area contributed by atoms with Crippen molar-refractivity contribution in [2.75, 3.05) is 39.8 Å². The van der Waals surface area contributed by atoms with E-state index in [0.717, 1.165) is 6.04 Å². The largest absolute Gasteiger partial charge is 0.322 e. The van der Waals surface area contributed by atoms with E-state index in [0.29, 0.717) is 0 Å². The van der Waals surface area contributed by atoms with Crippen LogP contribution in [0.25, 0.3) is 0 Å². The van der Waals surface area contributed by atoms with Crippen molar-refractivity contribution >= 4 is 0 Å². The van der Waals surface area contributed by atoms with E-state index in [2.05, 4.69) is 18.9 Å². The van der Waals surface area contributed by atoms with Crippen molar-refractivity contribution in [2.24, 2.45) is 0 Å². The minimum Gasteiger partial charge on any atom is -0.322 e. The van der Waals surface area contributed by atoms with Gasteiger partial charge in [-0.15, -0.1) is 0 Å². The molecule has 0 aliphatic carbocycles. The first kappa shape index (κ1) is 7.56. The van der Waals surface area contributed by atoms with Crippen LogP contribution in [0, 0.1) is 0 Å². The topological polar surface area (TPSA) is 3.24 Å². The first-order valence-electron chi connectivity index (χ1n) is 4.77. The highest BCUT2D eigenvalue weighted by Gasteiger charge is 2.36. The molecule has 3 aliphatic heterocycles. The third-order valence-electron chi connectivity index (χ3n) is 3.78. The molecule has 0 radical (unpaired) electrons. The van der Waals surface area contributed by atoms with Gasteiger partial charge in [0.25, 0.3) is 0 Å². The van der Waals surface area contributed by atoms with Crippen LogP contribution in [0.5, 0.6) is 0 Å². The second kappa shape index (κ2) is 2.46. The summed E-state index contributed by atoms with van der Waals surface area (Å²) in [6.45, 7) is 9.17. The Kier molecular flexibility index (Phi) is 1.69. The van der Waals surface area contributed by atoms with Crippen molar-refractivity contribution in [3.63, 3.8) is 0 Å². The molecule has 0 amide bonds. The lowest BCUT2D eigenvalue weighted by molar-refractivity contribution is -0.932. The highest BCUT2D eigenvalue weighted by atomic mass is 15.4. The number of hydrogen-bond acceptors (Lipinski definition) is 1. The molecule has 0 aromatic rings. The molecular formula is C9H19N2+. The third kappa shape index (κ3) is 1.18. The van der Waals surface area contributed by atoms with Gasteiger partial charge in [-0.25, -0.2) is 0 Å². The molecule has 3 fully saturated rings. The molecule has 2 heteroatoms. The normalized spacial score (nSPS) is 50.7. The van der Waals surface area contributed by atoms with E-state index in [-0.39, 0.29) is 0 Å². The Morgan fingerprint density at radius 1 is 1.18 bits per heavy atom. The second-order valence-corrected chi connectivity index (χ2v) is 4.41. The predicted molar refractivity (Wildman–Crippen MR) is 46.4 cm³/mol. The van der Waals surface area contributed by atoms with Crippen molar-refractivity contribution in [3.8, 4) is 0 Å². The number of nitrogens with zero attached hydrogens (tertiary/aromatic N) is 2. The zero-order chi connectivity index (χ0) is 7.90. The van der Waals surface area contributed by atoms with Gasteiger partial charge < -0.3 is 4.48 Å². The van der Waals surface area contributed by atoms with Crippen LogP contribution in [0.1, 0.15) is 13.3 Å². The van der Waals surface area contributed by atoms with Crippen LogP contribution in [-0.2, 0) is 0 Å². The molecule has 0 aromatic carbocycles. The van der Waals surface area contributed by atoms with Crippen molar-refractivity contribution in [1.29, 1.82) is 0 Å². The van der Waals surface area contributed by atoms with E-state index >= 15 is 0 Å². The van der Waals surface area contributed by atoms with E-state index in [9.17, 15) is 0 Å². The fraction of sp³-hybridized carbons (Fsp3) is 1.00. The van der Waals surface area contributed by atoms with Crippen LogP contribution in [0.15, 0.2) is 0 Å². The van der Waals surface area contributed by atoms with Crippen LogP contribution < -0.4 is 0 Å². The summed E-state index contributed by atoms with van der Waals surface area (Å²) in [6, 6.07) is 0.891. The number of rotatable bonds is 0. The standard InChI is InChI=1S/C9H19N2/c1-9-3-4-10-5-7-11(9,2)8-6-10/h9H,3-8H2,1-2H3/q+1. The molecule has 3 saturated heterocycles. The van der Waals surface area contributed by atoms with E-state index < -0.39 is 0 Å². The summed E-state index contributed by atoms with van der Waals surface area (Å²) in [6.07, 6.45) is 1.40. The monoisotopic (exact) mass is 155 g/mol. The lowest BCUT2D eigenvalue weighted by Crippen LogP contribution is -2.57. The molecule has 0 aromatic heterocycles. The van der Waals surface area contributed by atoms with Gasteiger partial charge in [-0.1, -0.05) is 0 Å². The van der Waals surface area contributed by atoms with Gasteiger partial charge >= 0.3 is 0 Å². The average Bonchev–Trinajstić information content (AvgIpc) is 2.22. The number of quaternary nitrogens is 1. The predicted octanol–water partition coefficient (Wildman–Crippen LogP) is 0.541. The molecule has 2 bridgehead atoms. The third-order valence-corrected chi connectivity index (χ3v) is 3.78. The minimum absolute atomic E-state index is 0.891. The van der Waals surface area contributed by atoms with Gasteiger partial charge in [0.1, 0.15) is 0 Å². The Hall–Kier alpha value is -0.0800. The fourth-order valence-corrected chi connectivity index (χ4v) is 2.31. The molecule has 2 nitrogen and oxygen atoms in total. The summed E-state index contributed by atoms with van der Waals surface area (Å²) >= 11 is 0. The van der Waals surface area contributed by atoms with Crippen LogP contribution in [0.4, 0.5) is 0 Å². The fourth-order valence-electron chi connectivity index (χ4n) is 2.31. The van der Waals surface area contributed by atoms with Gasteiger partial charge in [-0.05, 0) is 6.92 Å². The molecule has 0 N–H and O–H groups in total. The van der Waals surface area contributed by atoms with Gasteiger partial charge in [-0.3, -0.25) is 4.90 Å². The molecule has 0 spiro atoms. The highest BCUT2D eigenvalue weighted by molar-refractivity contribution is 4.72. The summed E-state index contributed by atoms with van der Waals surface area (Å²) in [5, 5.41) is 0. The van der Waals surface area contributed by atoms with Gasteiger partial charge in [0.05, 0.1) is 26.2 Å². The molecule has 64 valence electrons. The number of hydrogen-bond donors (Lipinski definition) is 0. The van der Waals surface area contributed by atoms with Crippen LogP contribution >= 0.6 is 0 Å². The SMILES string of the molecule is CC1CCN2CC[N+]1(C)CC2. The van der Waals surface area contributed by atoms with Crippen molar-refractivity contribution in [2.45, 2.75) is 19.4 Å². The lowest BCUT2D eigenvalue weighted by atomic mass is 10.2. The zero-order valence-electron chi connectivity index (χ0n) is 7.71. The van der Waals surface area contributed by atoms with Gasteiger partial charge in [0.15, 0.2) is 0 Å².